The van der Waals surface area contributed by atoms with E-state index in [2.05, 4.69) is 38.6 Å². The molecule has 3 N–H and O–H groups in total. The number of nitrogens with zero attached hydrogens (tertiary/aromatic N) is 4. The van der Waals surface area contributed by atoms with Crippen molar-refractivity contribution in [2.24, 2.45) is 5.73 Å². The largest absolute Gasteiger partial charge is 0.338 e. The Morgan fingerprint density at radius 1 is 1.37 bits per heavy atom. The van der Waals surface area contributed by atoms with Gasteiger partial charge in [0, 0.05) is 6.04 Å². The van der Waals surface area contributed by atoms with Gasteiger partial charge >= 0.3 is 0 Å². The van der Waals surface area contributed by atoms with Crippen LogP contribution in [0.2, 0.25) is 0 Å². The number of aromatic amines is 1. The van der Waals surface area contributed by atoms with Crippen molar-refractivity contribution in [3.8, 4) is 11.5 Å². The Morgan fingerprint density at radius 3 is 2.68 bits per heavy atom. The first-order valence-corrected chi connectivity index (χ1v) is 6.77. The molecule has 19 heavy (non-hydrogen) atoms. The molecule has 2 aromatic heterocycles. The van der Waals surface area contributed by atoms with Gasteiger partial charge in [-0.1, -0.05) is 0 Å². The van der Waals surface area contributed by atoms with E-state index in [1.807, 2.05) is 13.1 Å². The van der Waals surface area contributed by atoms with Crippen LogP contribution in [0.5, 0.6) is 0 Å². The Hall–Kier alpha value is -1.69. The number of hydrogen-bond donors (Lipinski definition) is 2. The maximum absolute atomic E-state index is 6.28. The number of imidazole rings is 1. The Morgan fingerprint density at radius 2 is 2.11 bits per heavy atom. The Bertz CT molecular complexity index is 590. The molecular weight excluding hydrogens is 240 g/mol. The van der Waals surface area contributed by atoms with E-state index in [0.29, 0.717) is 6.04 Å². The fourth-order valence-corrected chi connectivity index (χ4v) is 2.65. The molecule has 2 aromatic rings. The number of nitrogens with one attached hydrogen (secondary N) is 1. The highest BCUT2D eigenvalue weighted by Crippen LogP contribution is 2.37. The molecule has 1 aliphatic carbocycles. The highest BCUT2D eigenvalue weighted by Gasteiger charge is 2.37. The zero-order valence-corrected chi connectivity index (χ0v) is 11.6. The van der Waals surface area contributed by atoms with E-state index in [1.165, 1.54) is 6.42 Å². The van der Waals surface area contributed by atoms with Crippen LogP contribution in [0, 0.1) is 6.92 Å². The van der Waals surface area contributed by atoms with Crippen molar-refractivity contribution in [2.75, 3.05) is 0 Å². The van der Waals surface area contributed by atoms with Gasteiger partial charge < -0.3 is 15.3 Å². The molecular formula is C13H20N6. The number of nitrogens with two attached hydrogens (primary N) is 1. The van der Waals surface area contributed by atoms with Crippen molar-refractivity contribution in [1.29, 1.82) is 0 Å². The zero-order chi connectivity index (χ0) is 13.6. The van der Waals surface area contributed by atoms with Crippen LogP contribution in [0.1, 0.15) is 50.8 Å². The molecule has 102 valence electrons. The van der Waals surface area contributed by atoms with E-state index in [9.17, 15) is 0 Å². The van der Waals surface area contributed by atoms with Gasteiger partial charge in [0.1, 0.15) is 17.3 Å². The molecule has 0 aliphatic heterocycles. The summed E-state index contributed by atoms with van der Waals surface area (Å²) in [6.07, 6.45) is 4.98. The van der Waals surface area contributed by atoms with Crippen LogP contribution in [0.25, 0.3) is 11.5 Å². The van der Waals surface area contributed by atoms with E-state index in [4.69, 9.17) is 5.73 Å². The molecule has 0 saturated heterocycles. The number of aryl methyl sites for hydroxylation is 1. The normalized spacial score (nSPS) is 17.7. The van der Waals surface area contributed by atoms with Crippen molar-refractivity contribution in [1.82, 2.24) is 24.7 Å². The van der Waals surface area contributed by atoms with E-state index in [1.54, 1.807) is 0 Å². The lowest BCUT2D eigenvalue weighted by atomic mass is 9.77. The lowest BCUT2D eigenvalue weighted by molar-refractivity contribution is 0.240. The molecule has 6 heteroatoms. The van der Waals surface area contributed by atoms with E-state index in [0.717, 1.165) is 36.0 Å². The van der Waals surface area contributed by atoms with Gasteiger partial charge in [0.15, 0.2) is 5.82 Å². The Kier molecular flexibility index (Phi) is 2.70. The maximum atomic E-state index is 6.28. The first-order valence-electron chi connectivity index (χ1n) is 6.77. The second-order valence-corrected chi connectivity index (χ2v) is 5.69. The monoisotopic (exact) mass is 260 g/mol. The predicted molar refractivity (Wildman–Crippen MR) is 72.4 cm³/mol. The van der Waals surface area contributed by atoms with Crippen molar-refractivity contribution >= 4 is 0 Å². The van der Waals surface area contributed by atoms with Gasteiger partial charge in [-0.15, -0.1) is 10.2 Å². The van der Waals surface area contributed by atoms with Gasteiger partial charge in [-0.2, -0.15) is 0 Å². The smallest absolute Gasteiger partial charge is 0.182 e. The second-order valence-electron chi connectivity index (χ2n) is 5.69. The summed E-state index contributed by atoms with van der Waals surface area (Å²) >= 11 is 0. The molecule has 0 radical (unpaired) electrons. The van der Waals surface area contributed by atoms with Crippen LogP contribution in [-0.2, 0) is 5.54 Å². The summed E-state index contributed by atoms with van der Waals surface area (Å²) in [5, 5.41) is 8.40. The molecule has 6 nitrogen and oxygen atoms in total. The van der Waals surface area contributed by atoms with Crippen molar-refractivity contribution < 1.29 is 0 Å². The summed E-state index contributed by atoms with van der Waals surface area (Å²) in [5.41, 5.74) is 6.90. The molecule has 0 unspecified atom stereocenters. The van der Waals surface area contributed by atoms with Gasteiger partial charge in [-0.05, 0) is 40.0 Å². The molecule has 0 bridgehead atoms. The molecule has 1 fully saturated rings. The van der Waals surface area contributed by atoms with Crippen LogP contribution in [-0.4, -0.2) is 24.7 Å². The van der Waals surface area contributed by atoms with Crippen LogP contribution < -0.4 is 5.73 Å². The summed E-state index contributed by atoms with van der Waals surface area (Å²) in [7, 11) is 0. The highest BCUT2D eigenvalue weighted by atomic mass is 15.3. The van der Waals surface area contributed by atoms with Gasteiger partial charge in [0.25, 0.3) is 0 Å². The molecule has 0 aromatic carbocycles. The average molecular weight is 260 g/mol. The highest BCUT2D eigenvalue weighted by molar-refractivity contribution is 5.49. The topological polar surface area (TPSA) is 85.4 Å². The summed E-state index contributed by atoms with van der Waals surface area (Å²) in [6.45, 7) is 6.20. The summed E-state index contributed by atoms with van der Waals surface area (Å²) in [4.78, 5) is 7.76. The lowest BCUT2D eigenvalue weighted by Crippen LogP contribution is -2.44. The molecule has 0 spiro atoms. The zero-order valence-electron chi connectivity index (χ0n) is 11.6. The van der Waals surface area contributed by atoms with Crippen molar-refractivity contribution in [3.05, 3.63) is 17.8 Å². The third-order valence-corrected chi connectivity index (χ3v) is 3.92. The van der Waals surface area contributed by atoms with E-state index in [-0.39, 0.29) is 5.54 Å². The Labute approximate surface area is 112 Å². The van der Waals surface area contributed by atoms with Crippen LogP contribution in [0.4, 0.5) is 0 Å². The Balaban J connectivity index is 1.99. The summed E-state index contributed by atoms with van der Waals surface area (Å²) in [5.74, 6) is 2.60. The fraction of sp³-hybridized carbons (Fsp3) is 0.615. The minimum absolute atomic E-state index is 0.268. The number of aromatic nitrogens is 5. The minimum atomic E-state index is -0.268. The van der Waals surface area contributed by atoms with E-state index < -0.39 is 0 Å². The quantitative estimate of drug-likeness (QED) is 0.882. The van der Waals surface area contributed by atoms with Gasteiger partial charge in [-0.25, -0.2) is 4.98 Å². The fourth-order valence-electron chi connectivity index (χ4n) is 2.65. The summed E-state index contributed by atoms with van der Waals surface area (Å²) < 4.78 is 2.10. The van der Waals surface area contributed by atoms with Crippen LogP contribution >= 0.6 is 0 Å². The van der Waals surface area contributed by atoms with E-state index >= 15 is 0 Å². The molecule has 3 rings (SSSR count). The molecule has 1 aliphatic rings. The molecule has 0 amide bonds. The van der Waals surface area contributed by atoms with Crippen LogP contribution in [0.15, 0.2) is 6.20 Å². The average Bonchev–Trinajstić information content (AvgIpc) is 2.91. The SMILES string of the molecule is Cc1nnc(-c2cnc(C3(N)CCC3)[nH]2)n1C(C)C. The first kappa shape index (κ1) is 12.3. The lowest BCUT2D eigenvalue weighted by Gasteiger charge is -2.35. The third-order valence-electron chi connectivity index (χ3n) is 3.92. The number of H-pyrrole nitrogens is 1. The van der Waals surface area contributed by atoms with Crippen molar-refractivity contribution in [2.45, 2.75) is 51.6 Å². The van der Waals surface area contributed by atoms with Gasteiger partial charge in [-0.3, -0.25) is 0 Å². The predicted octanol–water partition coefficient (Wildman–Crippen LogP) is 1.90. The molecule has 1 saturated carbocycles. The number of hydrogen-bond acceptors (Lipinski definition) is 4. The van der Waals surface area contributed by atoms with Crippen molar-refractivity contribution in [3.63, 3.8) is 0 Å². The standard InChI is InChI=1S/C13H20N6/c1-8(2)19-9(3)17-18-11(19)10-7-15-12(16-10)13(14)5-4-6-13/h7-8H,4-6,14H2,1-3H3,(H,15,16). The molecule has 0 atom stereocenters. The minimum Gasteiger partial charge on any atom is -0.338 e. The maximum Gasteiger partial charge on any atom is 0.182 e. The number of rotatable bonds is 3. The first-order chi connectivity index (χ1) is 9.01. The molecule has 2 heterocycles. The van der Waals surface area contributed by atoms with Gasteiger partial charge in [0.2, 0.25) is 0 Å². The summed E-state index contributed by atoms with van der Waals surface area (Å²) in [6, 6.07) is 0.312. The van der Waals surface area contributed by atoms with Crippen LogP contribution in [0.3, 0.4) is 0 Å². The van der Waals surface area contributed by atoms with Gasteiger partial charge in [0.05, 0.1) is 11.7 Å². The third kappa shape index (κ3) is 1.87. The second kappa shape index (κ2) is 4.16.